The number of aryl methyl sites for hydroxylation is 1. The number of pyridine rings is 1. The second-order valence-electron chi connectivity index (χ2n) is 7.58. The van der Waals surface area contributed by atoms with Gasteiger partial charge in [0.05, 0.1) is 16.4 Å². The minimum Gasteiger partial charge on any atom is -0.370 e. The van der Waals surface area contributed by atoms with E-state index >= 15 is 0 Å². The van der Waals surface area contributed by atoms with Crippen LogP contribution in [0.4, 0.5) is 5.82 Å². The third-order valence-corrected chi connectivity index (χ3v) is 6.22. The molecule has 0 aliphatic rings. The number of H-pyrrole nitrogens is 1. The van der Waals surface area contributed by atoms with Gasteiger partial charge in [-0.05, 0) is 55.5 Å². The van der Waals surface area contributed by atoms with Gasteiger partial charge in [0.1, 0.15) is 5.82 Å². The van der Waals surface area contributed by atoms with E-state index in [4.69, 9.17) is 28.9 Å². The molecule has 1 aromatic carbocycles. The normalized spacial score (nSPS) is 11.5. The van der Waals surface area contributed by atoms with Crippen molar-refractivity contribution in [2.45, 2.75) is 32.2 Å². The molecule has 0 saturated heterocycles. The Kier molecular flexibility index (Phi) is 10.3. The van der Waals surface area contributed by atoms with Crippen molar-refractivity contribution in [1.82, 2.24) is 20.3 Å². The number of anilines is 1. The molecule has 10 heteroatoms. The Labute approximate surface area is 212 Å². The number of aromatic nitrogens is 3. The van der Waals surface area contributed by atoms with Crippen molar-refractivity contribution in [2.24, 2.45) is 10.7 Å². The lowest BCUT2D eigenvalue weighted by Crippen LogP contribution is -2.33. The van der Waals surface area contributed by atoms with E-state index < -0.39 is 0 Å². The maximum atomic E-state index is 6.21. The van der Waals surface area contributed by atoms with Gasteiger partial charge in [0.15, 0.2) is 5.96 Å². The number of aromatic amines is 1. The second-order valence-corrected chi connectivity index (χ2v) is 9.31. The summed E-state index contributed by atoms with van der Waals surface area (Å²) >= 11 is 15.8. The predicted octanol–water partition coefficient (Wildman–Crippen LogP) is 5.20. The zero-order chi connectivity index (χ0) is 23.5. The van der Waals surface area contributed by atoms with Crippen molar-refractivity contribution in [2.75, 3.05) is 24.5 Å². The average Bonchev–Trinajstić information content (AvgIpc) is 3.32. The molecule has 0 bridgehead atoms. The van der Waals surface area contributed by atoms with E-state index in [1.807, 2.05) is 36.5 Å². The van der Waals surface area contributed by atoms with Crippen LogP contribution in [0.3, 0.4) is 0 Å². The van der Waals surface area contributed by atoms with E-state index in [1.165, 1.54) is 0 Å². The van der Waals surface area contributed by atoms with Gasteiger partial charge in [-0.2, -0.15) is 0 Å². The van der Waals surface area contributed by atoms with Crippen molar-refractivity contribution in [3.8, 4) is 0 Å². The molecule has 0 atom stereocenters. The Morgan fingerprint density at radius 2 is 2.03 bits per heavy atom. The van der Waals surface area contributed by atoms with Crippen LogP contribution in [0.2, 0.25) is 10.0 Å². The molecule has 0 aliphatic carbocycles. The van der Waals surface area contributed by atoms with E-state index in [2.05, 4.69) is 46.1 Å². The third kappa shape index (κ3) is 8.87. The number of unbranched alkanes of at least 4 members (excludes halogenated alkanes) is 1. The summed E-state index contributed by atoms with van der Waals surface area (Å²) in [6.45, 7) is 2.98. The molecular formula is C23H28BrCl2N7. The topological polar surface area (TPSA) is 95.2 Å². The summed E-state index contributed by atoms with van der Waals surface area (Å²) in [4.78, 5) is 18.3. The molecule has 176 valence electrons. The number of nitrogens with two attached hydrogens (primary N) is 1. The van der Waals surface area contributed by atoms with Crippen molar-refractivity contribution in [3.63, 3.8) is 0 Å². The molecule has 3 rings (SSSR count). The van der Waals surface area contributed by atoms with Gasteiger partial charge in [-0.3, -0.25) is 4.99 Å². The number of guanidine groups is 1. The van der Waals surface area contributed by atoms with Gasteiger partial charge in [0, 0.05) is 48.7 Å². The van der Waals surface area contributed by atoms with Gasteiger partial charge in [-0.25, -0.2) is 9.97 Å². The fraction of sp³-hybridized carbons (Fsp3) is 0.348. The number of imidazole rings is 1. The molecule has 2 aromatic heterocycles. The Morgan fingerprint density at radius 1 is 1.15 bits per heavy atom. The van der Waals surface area contributed by atoms with Crippen LogP contribution >= 0.6 is 39.1 Å². The molecule has 0 fully saturated rings. The Hall–Kier alpha value is -2.29. The van der Waals surface area contributed by atoms with Crippen LogP contribution in [0.15, 0.2) is 58.5 Å². The first-order valence-corrected chi connectivity index (χ1v) is 12.4. The minimum atomic E-state index is 0.487. The van der Waals surface area contributed by atoms with E-state index in [1.54, 1.807) is 12.5 Å². The van der Waals surface area contributed by atoms with Crippen molar-refractivity contribution >= 4 is 50.9 Å². The zero-order valence-electron chi connectivity index (χ0n) is 18.3. The Morgan fingerprint density at radius 3 is 2.79 bits per heavy atom. The molecule has 0 aliphatic heterocycles. The van der Waals surface area contributed by atoms with Gasteiger partial charge in [0.25, 0.3) is 0 Å². The number of aliphatic imine (C=N–C) groups is 1. The molecule has 0 radical (unpaired) electrons. The lowest BCUT2D eigenvalue weighted by atomic mass is 10.2. The third-order valence-electron chi connectivity index (χ3n) is 4.99. The summed E-state index contributed by atoms with van der Waals surface area (Å²) < 4.78 is 0.991. The molecule has 0 unspecified atom stereocenters. The summed E-state index contributed by atoms with van der Waals surface area (Å²) in [6, 6.07) is 9.66. The van der Waals surface area contributed by atoms with Crippen molar-refractivity contribution in [1.29, 1.82) is 0 Å². The lowest BCUT2D eigenvalue weighted by molar-refractivity contribution is 0.664. The highest BCUT2D eigenvalue weighted by atomic mass is 79.9. The summed E-state index contributed by atoms with van der Waals surface area (Å²) in [5, 5.41) is 4.31. The van der Waals surface area contributed by atoms with Gasteiger partial charge in [-0.15, -0.1) is 0 Å². The second kappa shape index (κ2) is 13.4. The number of benzene rings is 1. The number of hydrogen-bond acceptors (Lipinski definition) is 4. The van der Waals surface area contributed by atoms with Crippen LogP contribution < -0.4 is 16.0 Å². The van der Waals surface area contributed by atoms with E-state index in [0.717, 1.165) is 60.3 Å². The summed E-state index contributed by atoms with van der Waals surface area (Å²) in [6.07, 6.45) is 9.08. The summed E-state index contributed by atoms with van der Waals surface area (Å²) in [5.74, 6) is 1.39. The average molecular weight is 553 g/mol. The number of rotatable bonds is 12. The molecule has 0 saturated carbocycles. The first-order valence-electron chi connectivity index (χ1n) is 10.8. The maximum Gasteiger partial charge on any atom is 0.188 e. The Bertz CT molecular complexity index is 1030. The Balaban J connectivity index is 1.44. The van der Waals surface area contributed by atoms with Crippen LogP contribution in [0, 0.1) is 0 Å². The predicted molar refractivity (Wildman–Crippen MR) is 140 cm³/mol. The van der Waals surface area contributed by atoms with Crippen LogP contribution in [0.5, 0.6) is 0 Å². The number of nitrogens with zero attached hydrogens (tertiary/aromatic N) is 4. The molecule has 0 spiro atoms. The molecule has 33 heavy (non-hydrogen) atoms. The van der Waals surface area contributed by atoms with Crippen LogP contribution in [0.1, 0.15) is 30.5 Å². The van der Waals surface area contributed by atoms with Gasteiger partial charge < -0.3 is 20.9 Å². The van der Waals surface area contributed by atoms with Crippen LogP contribution in [0.25, 0.3) is 0 Å². The van der Waals surface area contributed by atoms with E-state index in [0.29, 0.717) is 29.1 Å². The molecule has 2 heterocycles. The van der Waals surface area contributed by atoms with Crippen LogP contribution in [-0.2, 0) is 13.0 Å². The zero-order valence-corrected chi connectivity index (χ0v) is 21.4. The lowest BCUT2D eigenvalue weighted by Gasteiger charge is -2.24. The van der Waals surface area contributed by atoms with Crippen molar-refractivity contribution in [3.05, 3.63) is 74.8 Å². The smallest absolute Gasteiger partial charge is 0.188 e. The first-order chi connectivity index (χ1) is 16.0. The summed E-state index contributed by atoms with van der Waals surface area (Å²) in [7, 11) is 0. The quantitative estimate of drug-likeness (QED) is 0.163. The van der Waals surface area contributed by atoms with Gasteiger partial charge >= 0.3 is 0 Å². The fourth-order valence-corrected chi connectivity index (χ4v) is 3.93. The minimum absolute atomic E-state index is 0.487. The number of hydrogen-bond donors (Lipinski definition) is 3. The SMILES string of the molecule is NC(=NCCCc1cnc[nH]1)NCCCCN(Cc1ccc(Cl)c(Cl)c1)c1cc(Br)ccn1. The van der Waals surface area contributed by atoms with Gasteiger partial charge in [-0.1, -0.05) is 45.2 Å². The van der Waals surface area contributed by atoms with Crippen molar-refractivity contribution < 1.29 is 0 Å². The van der Waals surface area contributed by atoms with E-state index in [9.17, 15) is 0 Å². The molecule has 0 amide bonds. The standard InChI is InChI=1S/C23H28BrCl2N7/c24-18-7-10-29-22(13-18)33(15-17-5-6-20(25)21(26)12-17)11-2-1-8-30-23(27)31-9-3-4-19-14-28-16-32-19/h5-7,10,12-14,16H,1-4,8-9,11,15H2,(H,28,32)(H3,27,30,31). The van der Waals surface area contributed by atoms with Crippen LogP contribution in [-0.4, -0.2) is 40.5 Å². The molecule has 7 nitrogen and oxygen atoms in total. The van der Waals surface area contributed by atoms with E-state index in [-0.39, 0.29) is 0 Å². The van der Waals surface area contributed by atoms with Gasteiger partial charge in [0.2, 0.25) is 0 Å². The monoisotopic (exact) mass is 551 g/mol. The number of nitrogens with one attached hydrogen (secondary N) is 2. The first kappa shape index (κ1) is 25.3. The summed E-state index contributed by atoms with van der Waals surface area (Å²) in [5.41, 5.74) is 8.17. The largest absolute Gasteiger partial charge is 0.370 e. The molecular weight excluding hydrogens is 525 g/mol. The fourth-order valence-electron chi connectivity index (χ4n) is 3.29. The highest BCUT2D eigenvalue weighted by Gasteiger charge is 2.11. The highest BCUT2D eigenvalue weighted by molar-refractivity contribution is 9.10. The number of halogens is 3. The maximum absolute atomic E-state index is 6.21. The molecule has 3 aromatic rings. The molecule has 4 N–H and O–H groups in total. The highest BCUT2D eigenvalue weighted by Crippen LogP contribution is 2.25.